The highest BCUT2D eigenvalue weighted by Crippen LogP contribution is 2.37. The maximum absolute atomic E-state index is 9.83. The Morgan fingerprint density at radius 1 is 1.29 bits per heavy atom. The number of methoxy groups -OCH3 is 1. The first-order valence-electron chi connectivity index (χ1n) is 5.79. The first kappa shape index (κ1) is 14.0. The largest absolute Gasteiger partial charge is 0.496 e. The lowest BCUT2D eigenvalue weighted by Gasteiger charge is -2.26. The first-order chi connectivity index (χ1) is 7.81. The van der Waals surface area contributed by atoms with Crippen LogP contribution in [0.1, 0.15) is 43.6 Å². The molecule has 0 heterocycles. The maximum Gasteiger partial charge on any atom is 0.128 e. The van der Waals surface area contributed by atoms with Crippen molar-refractivity contribution in [2.24, 2.45) is 0 Å². The summed E-state index contributed by atoms with van der Waals surface area (Å²) in [5, 5.41) is 18.9. The lowest BCUT2D eigenvalue weighted by atomic mass is 9.83. The van der Waals surface area contributed by atoms with Crippen molar-refractivity contribution in [3.63, 3.8) is 0 Å². The summed E-state index contributed by atoms with van der Waals surface area (Å²) in [6.07, 6.45) is -0.897. The highest BCUT2D eigenvalue weighted by molar-refractivity contribution is 5.48. The summed E-state index contributed by atoms with van der Waals surface area (Å²) in [6.45, 7) is 7.96. The van der Waals surface area contributed by atoms with E-state index in [9.17, 15) is 5.11 Å². The fourth-order valence-corrected chi connectivity index (χ4v) is 1.93. The highest BCUT2D eigenvalue weighted by Gasteiger charge is 2.24. The molecular weight excluding hydrogens is 216 g/mol. The number of hydrogen-bond acceptors (Lipinski definition) is 3. The summed E-state index contributed by atoms with van der Waals surface area (Å²) < 4.78 is 5.41. The van der Waals surface area contributed by atoms with Crippen LogP contribution in [0.15, 0.2) is 12.1 Å². The predicted molar refractivity (Wildman–Crippen MR) is 68.5 cm³/mol. The van der Waals surface area contributed by atoms with Gasteiger partial charge in [-0.25, -0.2) is 0 Å². The normalized spacial score (nSPS) is 13.6. The van der Waals surface area contributed by atoms with Gasteiger partial charge in [0.05, 0.1) is 13.7 Å². The average molecular weight is 238 g/mol. The molecular formula is C14H22O3. The Hall–Kier alpha value is -1.06. The predicted octanol–water partition coefficient (Wildman–Crippen LogP) is 2.33. The van der Waals surface area contributed by atoms with Gasteiger partial charge in [-0.05, 0) is 18.4 Å². The van der Waals surface area contributed by atoms with Crippen molar-refractivity contribution in [3.05, 3.63) is 28.8 Å². The van der Waals surface area contributed by atoms with Crippen molar-refractivity contribution in [1.29, 1.82) is 0 Å². The Morgan fingerprint density at radius 2 is 1.88 bits per heavy atom. The number of benzene rings is 1. The van der Waals surface area contributed by atoms with E-state index in [1.807, 2.05) is 13.0 Å². The molecule has 2 N–H and O–H groups in total. The summed E-state index contributed by atoms with van der Waals surface area (Å²) in [5.74, 6) is 0.671. The van der Waals surface area contributed by atoms with Gasteiger partial charge in [-0.2, -0.15) is 0 Å². The number of aliphatic hydroxyl groups excluding tert-OH is 2. The molecule has 17 heavy (non-hydrogen) atoms. The van der Waals surface area contributed by atoms with Gasteiger partial charge >= 0.3 is 0 Å². The van der Waals surface area contributed by atoms with Crippen molar-refractivity contribution in [3.8, 4) is 5.75 Å². The summed E-state index contributed by atoms with van der Waals surface area (Å²) >= 11 is 0. The Balaban J connectivity index is 3.46. The van der Waals surface area contributed by atoms with Crippen molar-refractivity contribution < 1.29 is 14.9 Å². The van der Waals surface area contributed by atoms with Gasteiger partial charge in [0, 0.05) is 11.1 Å². The molecule has 0 fully saturated rings. The van der Waals surface area contributed by atoms with E-state index in [1.54, 1.807) is 7.11 Å². The Labute approximate surface area is 103 Å². The van der Waals surface area contributed by atoms with Crippen molar-refractivity contribution in [1.82, 2.24) is 0 Å². The second-order valence-corrected chi connectivity index (χ2v) is 5.38. The summed E-state index contributed by atoms with van der Waals surface area (Å²) in [4.78, 5) is 0. The molecule has 0 saturated carbocycles. The topological polar surface area (TPSA) is 49.7 Å². The second kappa shape index (κ2) is 5.07. The van der Waals surface area contributed by atoms with Crippen LogP contribution in [-0.2, 0) is 5.41 Å². The molecule has 96 valence electrons. The molecule has 0 aliphatic heterocycles. The lowest BCUT2D eigenvalue weighted by Crippen LogP contribution is -2.16. The van der Waals surface area contributed by atoms with Crippen LogP contribution in [0.4, 0.5) is 0 Å². The van der Waals surface area contributed by atoms with Crippen LogP contribution in [-0.4, -0.2) is 23.9 Å². The molecule has 1 atom stereocenters. The van der Waals surface area contributed by atoms with Crippen molar-refractivity contribution in [2.75, 3.05) is 13.7 Å². The number of aliphatic hydroxyl groups is 2. The minimum atomic E-state index is -0.897. The van der Waals surface area contributed by atoms with E-state index in [1.165, 1.54) is 0 Å². The van der Waals surface area contributed by atoms with Crippen LogP contribution < -0.4 is 4.74 Å². The van der Waals surface area contributed by atoms with Gasteiger partial charge < -0.3 is 14.9 Å². The molecule has 0 bridgehead atoms. The zero-order valence-corrected chi connectivity index (χ0v) is 11.2. The van der Waals surface area contributed by atoms with E-state index >= 15 is 0 Å². The van der Waals surface area contributed by atoms with Gasteiger partial charge in [0.25, 0.3) is 0 Å². The van der Waals surface area contributed by atoms with E-state index < -0.39 is 6.10 Å². The van der Waals surface area contributed by atoms with Gasteiger partial charge in [-0.3, -0.25) is 0 Å². The molecule has 1 rings (SSSR count). The van der Waals surface area contributed by atoms with Crippen LogP contribution >= 0.6 is 0 Å². The number of rotatable bonds is 3. The smallest absolute Gasteiger partial charge is 0.128 e. The zero-order valence-electron chi connectivity index (χ0n) is 11.2. The van der Waals surface area contributed by atoms with E-state index in [0.717, 1.165) is 11.1 Å². The second-order valence-electron chi connectivity index (χ2n) is 5.38. The minimum absolute atomic E-state index is 0.0682. The molecule has 1 aromatic rings. The standard InChI is InChI=1S/C14H22O3/c1-9-6-10(12(16)8-15)13(17-5)11(7-9)14(2,3)4/h6-7,12,15-16H,8H2,1-5H3. The highest BCUT2D eigenvalue weighted by atomic mass is 16.5. The fourth-order valence-electron chi connectivity index (χ4n) is 1.93. The SMILES string of the molecule is COc1c(C(O)CO)cc(C)cc1C(C)(C)C. The molecule has 1 aromatic carbocycles. The minimum Gasteiger partial charge on any atom is -0.496 e. The molecule has 0 aliphatic carbocycles. The number of ether oxygens (including phenoxy) is 1. The van der Waals surface area contributed by atoms with Gasteiger partial charge in [-0.1, -0.05) is 32.4 Å². The molecule has 0 saturated heterocycles. The van der Waals surface area contributed by atoms with Crippen LogP contribution in [0, 0.1) is 6.92 Å². The molecule has 1 unspecified atom stereocenters. The molecule has 0 spiro atoms. The average Bonchev–Trinajstić information content (AvgIpc) is 2.25. The van der Waals surface area contributed by atoms with Gasteiger partial charge in [-0.15, -0.1) is 0 Å². The van der Waals surface area contributed by atoms with Crippen LogP contribution in [0.25, 0.3) is 0 Å². The quantitative estimate of drug-likeness (QED) is 0.849. The molecule has 0 amide bonds. The van der Waals surface area contributed by atoms with Crippen molar-refractivity contribution in [2.45, 2.75) is 39.2 Å². The van der Waals surface area contributed by atoms with E-state index in [4.69, 9.17) is 9.84 Å². The summed E-state index contributed by atoms with van der Waals surface area (Å²) in [5.41, 5.74) is 2.68. The third-order valence-corrected chi connectivity index (χ3v) is 2.81. The monoisotopic (exact) mass is 238 g/mol. The number of aryl methyl sites for hydroxylation is 1. The number of hydrogen-bond donors (Lipinski definition) is 2. The third kappa shape index (κ3) is 2.99. The fraction of sp³-hybridized carbons (Fsp3) is 0.571. The lowest BCUT2D eigenvalue weighted by molar-refractivity contribution is 0.0930. The first-order valence-corrected chi connectivity index (χ1v) is 5.79. The molecule has 3 nitrogen and oxygen atoms in total. The Bertz CT molecular complexity index is 391. The Morgan fingerprint density at radius 3 is 2.29 bits per heavy atom. The van der Waals surface area contributed by atoms with Gasteiger partial charge in [0.15, 0.2) is 0 Å². The Kier molecular flexibility index (Phi) is 4.17. The molecule has 0 radical (unpaired) electrons. The third-order valence-electron chi connectivity index (χ3n) is 2.81. The van der Waals surface area contributed by atoms with E-state index in [-0.39, 0.29) is 12.0 Å². The summed E-state index contributed by atoms with van der Waals surface area (Å²) in [6, 6.07) is 3.92. The van der Waals surface area contributed by atoms with Crippen LogP contribution in [0.5, 0.6) is 5.75 Å². The molecule has 0 aliphatic rings. The van der Waals surface area contributed by atoms with Crippen LogP contribution in [0.2, 0.25) is 0 Å². The maximum atomic E-state index is 9.83. The molecule has 3 heteroatoms. The zero-order chi connectivity index (χ0) is 13.2. The summed E-state index contributed by atoms with van der Waals surface area (Å²) in [7, 11) is 1.59. The van der Waals surface area contributed by atoms with Gasteiger partial charge in [0.2, 0.25) is 0 Å². The van der Waals surface area contributed by atoms with E-state index in [0.29, 0.717) is 11.3 Å². The van der Waals surface area contributed by atoms with E-state index in [2.05, 4.69) is 26.8 Å². The molecule has 0 aromatic heterocycles. The van der Waals surface area contributed by atoms with Crippen LogP contribution in [0.3, 0.4) is 0 Å². The van der Waals surface area contributed by atoms with Gasteiger partial charge in [0.1, 0.15) is 11.9 Å². The van der Waals surface area contributed by atoms with Crippen molar-refractivity contribution >= 4 is 0 Å².